The standard InChI is InChI=1S/C16H20ClN3O2/c1-3-22-14-4-5-15-12(9-14)8-13(10-17)16(20-15)19-7-6-18-11(2)21/h4-5,8-9H,3,6-7,10H2,1-2H3,(H,18,21)(H,19,20). The molecule has 1 aromatic heterocycles. The molecule has 2 N–H and O–H groups in total. The van der Waals surface area contributed by atoms with E-state index in [9.17, 15) is 4.79 Å². The van der Waals surface area contributed by atoms with Crippen LogP contribution in [0.15, 0.2) is 24.3 Å². The summed E-state index contributed by atoms with van der Waals surface area (Å²) in [7, 11) is 0. The van der Waals surface area contributed by atoms with Gasteiger partial charge in [-0.2, -0.15) is 0 Å². The lowest BCUT2D eigenvalue weighted by Gasteiger charge is -2.12. The van der Waals surface area contributed by atoms with E-state index >= 15 is 0 Å². The third-order valence-corrected chi connectivity index (χ3v) is 3.40. The van der Waals surface area contributed by atoms with E-state index in [1.165, 1.54) is 6.92 Å². The van der Waals surface area contributed by atoms with Gasteiger partial charge in [-0.15, -0.1) is 11.6 Å². The first-order valence-electron chi connectivity index (χ1n) is 7.24. The van der Waals surface area contributed by atoms with Crippen molar-refractivity contribution < 1.29 is 9.53 Å². The molecule has 0 spiro atoms. The highest BCUT2D eigenvalue weighted by Gasteiger charge is 2.07. The monoisotopic (exact) mass is 321 g/mol. The Labute approximate surface area is 135 Å². The highest BCUT2D eigenvalue weighted by atomic mass is 35.5. The summed E-state index contributed by atoms with van der Waals surface area (Å²) < 4.78 is 5.50. The lowest BCUT2D eigenvalue weighted by molar-refractivity contribution is -0.118. The number of aromatic nitrogens is 1. The minimum Gasteiger partial charge on any atom is -0.494 e. The van der Waals surface area contributed by atoms with Crippen molar-refractivity contribution in [3.05, 3.63) is 29.8 Å². The number of amides is 1. The molecule has 1 aromatic carbocycles. The highest BCUT2D eigenvalue weighted by Crippen LogP contribution is 2.25. The zero-order valence-electron chi connectivity index (χ0n) is 12.8. The number of fused-ring (bicyclic) bond motifs is 1. The molecule has 2 rings (SSSR count). The molecule has 0 fully saturated rings. The molecule has 22 heavy (non-hydrogen) atoms. The number of pyridine rings is 1. The number of nitrogens with one attached hydrogen (secondary N) is 2. The molecule has 0 bridgehead atoms. The lowest BCUT2D eigenvalue weighted by atomic mass is 10.1. The van der Waals surface area contributed by atoms with Crippen LogP contribution in [-0.2, 0) is 10.7 Å². The van der Waals surface area contributed by atoms with Crippen LogP contribution in [0.4, 0.5) is 5.82 Å². The Morgan fingerprint density at radius 1 is 1.32 bits per heavy atom. The maximum Gasteiger partial charge on any atom is 0.216 e. The van der Waals surface area contributed by atoms with Crippen LogP contribution in [0.25, 0.3) is 10.9 Å². The van der Waals surface area contributed by atoms with Gasteiger partial charge in [0.2, 0.25) is 5.91 Å². The number of nitrogens with zero attached hydrogens (tertiary/aromatic N) is 1. The summed E-state index contributed by atoms with van der Waals surface area (Å²) in [5, 5.41) is 6.94. The fourth-order valence-electron chi connectivity index (χ4n) is 2.13. The molecule has 0 atom stereocenters. The molecule has 5 nitrogen and oxygen atoms in total. The number of benzene rings is 1. The Balaban J connectivity index is 2.19. The maximum atomic E-state index is 10.9. The molecule has 0 aliphatic rings. The van der Waals surface area contributed by atoms with Gasteiger partial charge in [0.15, 0.2) is 0 Å². The second-order valence-corrected chi connectivity index (χ2v) is 5.09. The van der Waals surface area contributed by atoms with E-state index in [-0.39, 0.29) is 5.91 Å². The molecule has 118 valence electrons. The van der Waals surface area contributed by atoms with Crippen molar-refractivity contribution in [3.63, 3.8) is 0 Å². The van der Waals surface area contributed by atoms with Crippen molar-refractivity contribution in [2.24, 2.45) is 0 Å². The van der Waals surface area contributed by atoms with E-state index in [0.29, 0.717) is 25.6 Å². The van der Waals surface area contributed by atoms with Gasteiger partial charge in [-0.25, -0.2) is 4.98 Å². The minimum absolute atomic E-state index is 0.0470. The van der Waals surface area contributed by atoms with Crippen LogP contribution in [0.1, 0.15) is 19.4 Å². The molecular weight excluding hydrogens is 302 g/mol. The van der Waals surface area contributed by atoms with E-state index in [4.69, 9.17) is 16.3 Å². The smallest absolute Gasteiger partial charge is 0.216 e. The van der Waals surface area contributed by atoms with E-state index in [2.05, 4.69) is 15.6 Å². The van der Waals surface area contributed by atoms with Gasteiger partial charge in [-0.05, 0) is 31.2 Å². The minimum atomic E-state index is -0.0470. The number of hydrogen-bond acceptors (Lipinski definition) is 4. The number of alkyl halides is 1. The van der Waals surface area contributed by atoms with Gasteiger partial charge < -0.3 is 15.4 Å². The molecule has 0 radical (unpaired) electrons. The van der Waals surface area contributed by atoms with Crippen LogP contribution in [-0.4, -0.2) is 30.6 Å². The van der Waals surface area contributed by atoms with E-state index in [1.54, 1.807) is 0 Å². The van der Waals surface area contributed by atoms with Crippen molar-refractivity contribution >= 4 is 34.2 Å². The molecule has 0 aliphatic carbocycles. The number of anilines is 1. The Morgan fingerprint density at radius 3 is 2.82 bits per heavy atom. The normalized spacial score (nSPS) is 10.5. The summed E-state index contributed by atoms with van der Waals surface area (Å²) in [5.74, 6) is 1.89. The first-order chi connectivity index (χ1) is 10.6. The number of rotatable bonds is 7. The van der Waals surface area contributed by atoms with Gasteiger partial charge in [0, 0.05) is 31.0 Å². The van der Waals surface area contributed by atoms with Gasteiger partial charge in [0.05, 0.1) is 18.0 Å². The van der Waals surface area contributed by atoms with Crippen molar-refractivity contribution in [3.8, 4) is 5.75 Å². The molecular formula is C16H20ClN3O2. The number of carbonyl (C=O) groups is 1. The van der Waals surface area contributed by atoms with Gasteiger partial charge in [-0.3, -0.25) is 4.79 Å². The van der Waals surface area contributed by atoms with Crippen LogP contribution in [0.3, 0.4) is 0 Å². The van der Waals surface area contributed by atoms with Crippen LogP contribution >= 0.6 is 11.6 Å². The summed E-state index contributed by atoms with van der Waals surface area (Å²) in [6.07, 6.45) is 0. The van der Waals surface area contributed by atoms with Crippen LogP contribution in [0.2, 0.25) is 0 Å². The summed E-state index contributed by atoms with van der Waals surface area (Å²) in [6.45, 7) is 5.21. The van der Waals surface area contributed by atoms with Crippen LogP contribution in [0.5, 0.6) is 5.75 Å². The fraction of sp³-hybridized carbons (Fsp3) is 0.375. The zero-order valence-corrected chi connectivity index (χ0v) is 13.5. The van der Waals surface area contributed by atoms with E-state index in [0.717, 1.165) is 28.0 Å². The topological polar surface area (TPSA) is 63.2 Å². The number of hydrogen-bond donors (Lipinski definition) is 2. The predicted octanol–water partition coefficient (Wildman–Crippen LogP) is 2.92. The summed E-state index contributed by atoms with van der Waals surface area (Å²) in [6, 6.07) is 7.80. The number of halogens is 1. The molecule has 6 heteroatoms. The second-order valence-electron chi connectivity index (χ2n) is 4.83. The number of carbonyl (C=O) groups excluding carboxylic acids is 1. The molecule has 0 saturated carbocycles. The molecule has 2 aromatic rings. The van der Waals surface area contributed by atoms with E-state index in [1.807, 2.05) is 31.2 Å². The Morgan fingerprint density at radius 2 is 2.14 bits per heavy atom. The quantitative estimate of drug-likeness (QED) is 0.608. The average Bonchev–Trinajstić information content (AvgIpc) is 2.51. The molecule has 1 heterocycles. The third-order valence-electron chi connectivity index (χ3n) is 3.11. The third kappa shape index (κ3) is 4.24. The van der Waals surface area contributed by atoms with Crippen molar-refractivity contribution in [1.82, 2.24) is 10.3 Å². The second kappa shape index (κ2) is 7.84. The SMILES string of the molecule is CCOc1ccc2nc(NCCNC(C)=O)c(CCl)cc2c1. The predicted molar refractivity (Wildman–Crippen MR) is 89.6 cm³/mol. The van der Waals surface area contributed by atoms with Crippen LogP contribution < -0.4 is 15.4 Å². The maximum absolute atomic E-state index is 10.9. The van der Waals surface area contributed by atoms with E-state index < -0.39 is 0 Å². The summed E-state index contributed by atoms with van der Waals surface area (Å²) in [5.41, 5.74) is 1.80. The zero-order chi connectivity index (χ0) is 15.9. The fourth-order valence-corrected chi connectivity index (χ4v) is 2.33. The van der Waals surface area contributed by atoms with Gasteiger partial charge in [0.25, 0.3) is 0 Å². The average molecular weight is 322 g/mol. The molecule has 1 amide bonds. The number of ether oxygens (including phenoxy) is 1. The summed E-state index contributed by atoms with van der Waals surface area (Å²) in [4.78, 5) is 15.5. The molecule has 0 aliphatic heterocycles. The van der Waals surface area contributed by atoms with Gasteiger partial charge >= 0.3 is 0 Å². The van der Waals surface area contributed by atoms with Crippen molar-refractivity contribution in [1.29, 1.82) is 0 Å². The largest absolute Gasteiger partial charge is 0.494 e. The Kier molecular flexibility index (Phi) is 5.83. The summed E-state index contributed by atoms with van der Waals surface area (Å²) >= 11 is 6.02. The van der Waals surface area contributed by atoms with Crippen molar-refractivity contribution in [2.75, 3.05) is 25.0 Å². The molecule has 0 saturated heterocycles. The van der Waals surface area contributed by atoms with Gasteiger partial charge in [-0.1, -0.05) is 0 Å². The van der Waals surface area contributed by atoms with Crippen molar-refractivity contribution in [2.45, 2.75) is 19.7 Å². The Bertz CT molecular complexity index is 661. The lowest BCUT2D eigenvalue weighted by Crippen LogP contribution is -2.26. The first kappa shape index (κ1) is 16.4. The first-order valence-corrected chi connectivity index (χ1v) is 7.78. The molecule has 0 unspecified atom stereocenters. The van der Waals surface area contributed by atoms with Crippen LogP contribution in [0, 0.1) is 0 Å². The Hall–Kier alpha value is -2.01. The van der Waals surface area contributed by atoms with Gasteiger partial charge in [0.1, 0.15) is 11.6 Å². The highest BCUT2D eigenvalue weighted by molar-refractivity contribution is 6.17.